The number of nitrogens with one attached hydrogen (secondary N) is 1. The number of amides is 1. The number of carboxylic acids is 1. The molecule has 1 rings (SSSR count). The Bertz CT molecular complexity index is 476. The highest BCUT2D eigenvalue weighted by atomic mass is 19.1. The lowest BCUT2D eigenvalue weighted by atomic mass is 10.2. The average molecular weight is 283 g/mol. The summed E-state index contributed by atoms with van der Waals surface area (Å²) >= 11 is 0. The van der Waals surface area contributed by atoms with Crippen molar-refractivity contribution in [1.82, 2.24) is 5.32 Å². The lowest BCUT2D eigenvalue weighted by Gasteiger charge is -2.12. The molecule has 0 spiro atoms. The Hall–Kier alpha value is -2.11. The monoisotopic (exact) mass is 283 g/mol. The number of carbonyl (C=O) groups excluding carboxylic acids is 1. The van der Waals surface area contributed by atoms with Gasteiger partial charge in [0.2, 0.25) is 0 Å². The van der Waals surface area contributed by atoms with Crippen LogP contribution in [0.1, 0.15) is 24.2 Å². The molecule has 0 radical (unpaired) electrons. The molecule has 1 aromatic rings. The van der Waals surface area contributed by atoms with Crippen molar-refractivity contribution in [3.05, 3.63) is 29.8 Å². The van der Waals surface area contributed by atoms with Crippen LogP contribution in [0.2, 0.25) is 0 Å². The van der Waals surface area contributed by atoms with Crippen molar-refractivity contribution in [2.75, 3.05) is 13.3 Å². The van der Waals surface area contributed by atoms with Gasteiger partial charge in [0, 0.05) is 5.56 Å². The molecule has 2 N–H and O–H groups in total. The summed E-state index contributed by atoms with van der Waals surface area (Å²) in [5.41, 5.74) is 0.228. The van der Waals surface area contributed by atoms with E-state index in [9.17, 15) is 14.0 Å². The summed E-state index contributed by atoms with van der Waals surface area (Å²) in [7, 11) is 0. The first kappa shape index (κ1) is 15.9. The molecule has 0 heterocycles. The number of aliphatic carboxylic acids is 1. The molecule has 6 heteroatoms. The fourth-order valence-corrected chi connectivity index (χ4v) is 1.40. The number of hydrogen-bond donors (Lipinski definition) is 2. The molecule has 0 fully saturated rings. The second kappa shape index (κ2) is 7.47. The molecule has 0 saturated heterocycles. The third-order valence-corrected chi connectivity index (χ3v) is 2.44. The summed E-state index contributed by atoms with van der Waals surface area (Å²) < 4.78 is 17.9. The molecule has 0 aliphatic heterocycles. The van der Waals surface area contributed by atoms with Gasteiger partial charge in [0.15, 0.2) is 6.04 Å². The molecule has 1 unspecified atom stereocenters. The minimum absolute atomic E-state index is 0.228. The maximum Gasteiger partial charge on any atom is 0.328 e. The first-order valence-electron chi connectivity index (χ1n) is 6.26. The largest absolute Gasteiger partial charge is 0.493 e. The van der Waals surface area contributed by atoms with Gasteiger partial charge in [-0.2, -0.15) is 0 Å². The Labute approximate surface area is 116 Å². The van der Waals surface area contributed by atoms with E-state index in [2.05, 4.69) is 5.32 Å². The van der Waals surface area contributed by atoms with Crippen LogP contribution in [0.4, 0.5) is 4.39 Å². The Morgan fingerprint density at radius 1 is 1.40 bits per heavy atom. The average Bonchev–Trinajstić information content (AvgIpc) is 2.42. The van der Waals surface area contributed by atoms with Crippen LogP contribution in [0.25, 0.3) is 0 Å². The molecule has 0 bridgehead atoms. The van der Waals surface area contributed by atoms with Gasteiger partial charge in [0.1, 0.15) is 12.4 Å². The molecule has 0 aliphatic rings. The van der Waals surface area contributed by atoms with Gasteiger partial charge in [-0.25, -0.2) is 9.18 Å². The third-order valence-electron chi connectivity index (χ3n) is 2.44. The van der Waals surface area contributed by atoms with Crippen molar-refractivity contribution in [3.63, 3.8) is 0 Å². The molecule has 0 aliphatic carbocycles. The maximum atomic E-state index is 12.5. The van der Waals surface area contributed by atoms with Gasteiger partial charge in [0.05, 0.1) is 6.61 Å². The van der Waals surface area contributed by atoms with E-state index < -0.39 is 24.6 Å². The van der Waals surface area contributed by atoms with Crippen LogP contribution < -0.4 is 10.1 Å². The van der Waals surface area contributed by atoms with E-state index in [-0.39, 0.29) is 5.56 Å². The van der Waals surface area contributed by atoms with Gasteiger partial charge in [0.25, 0.3) is 5.91 Å². The number of hydrogen-bond acceptors (Lipinski definition) is 3. The number of carbonyl (C=O) groups is 2. The van der Waals surface area contributed by atoms with E-state index in [1.165, 1.54) is 12.1 Å². The van der Waals surface area contributed by atoms with Crippen molar-refractivity contribution < 1.29 is 23.8 Å². The molecule has 1 aromatic carbocycles. The van der Waals surface area contributed by atoms with Gasteiger partial charge < -0.3 is 15.2 Å². The van der Waals surface area contributed by atoms with E-state index in [1.54, 1.807) is 12.1 Å². The topological polar surface area (TPSA) is 75.6 Å². The lowest BCUT2D eigenvalue weighted by Crippen LogP contribution is -2.42. The zero-order chi connectivity index (χ0) is 15.1. The summed E-state index contributed by atoms with van der Waals surface area (Å²) in [5.74, 6) is -1.20. The van der Waals surface area contributed by atoms with Crippen molar-refractivity contribution in [2.45, 2.75) is 19.9 Å². The zero-order valence-electron chi connectivity index (χ0n) is 11.4. The van der Waals surface area contributed by atoms with Gasteiger partial charge >= 0.3 is 5.97 Å². The standard InChI is InChI=1S/C14H18FNO4/c1-9(2)8-20-11-5-3-4-10(6-11)13(17)16-12(7-15)14(18)19/h3-6,9,12H,7-8H2,1-2H3,(H,16,17)(H,18,19). The smallest absolute Gasteiger partial charge is 0.328 e. The van der Waals surface area contributed by atoms with Crippen LogP contribution in [0.5, 0.6) is 5.75 Å². The molecule has 110 valence electrons. The summed E-state index contributed by atoms with van der Waals surface area (Å²) in [5, 5.41) is 10.8. The Morgan fingerprint density at radius 2 is 2.10 bits per heavy atom. The Kier molecular flexibility index (Phi) is 5.96. The quantitative estimate of drug-likeness (QED) is 0.801. The number of rotatable bonds is 7. The highest BCUT2D eigenvalue weighted by molar-refractivity contribution is 5.96. The molecule has 20 heavy (non-hydrogen) atoms. The van der Waals surface area contributed by atoms with Crippen LogP contribution in [-0.2, 0) is 4.79 Å². The van der Waals surface area contributed by atoms with Crippen molar-refractivity contribution in [2.24, 2.45) is 5.92 Å². The van der Waals surface area contributed by atoms with Crippen LogP contribution in [0.3, 0.4) is 0 Å². The summed E-state index contributed by atoms with van der Waals surface area (Å²) in [4.78, 5) is 22.5. The summed E-state index contributed by atoms with van der Waals surface area (Å²) in [6, 6.07) is 4.78. The molecule has 5 nitrogen and oxygen atoms in total. The summed E-state index contributed by atoms with van der Waals surface area (Å²) in [6.45, 7) is 3.34. The normalized spacial score (nSPS) is 12.0. The highest BCUT2D eigenvalue weighted by Gasteiger charge is 2.20. The number of alkyl halides is 1. The molecule has 0 aromatic heterocycles. The first-order valence-corrected chi connectivity index (χ1v) is 6.26. The molecular weight excluding hydrogens is 265 g/mol. The summed E-state index contributed by atoms with van der Waals surface area (Å²) in [6.07, 6.45) is 0. The van der Waals surface area contributed by atoms with E-state index in [0.29, 0.717) is 18.3 Å². The van der Waals surface area contributed by atoms with Crippen LogP contribution >= 0.6 is 0 Å². The molecule has 1 atom stereocenters. The van der Waals surface area contributed by atoms with E-state index in [4.69, 9.17) is 9.84 Å². The predicted molar refractivity (Wildman–Crippen MR) is 71.6 cm³/mol. The Morgan fingerprint density at radius 3 is 2.65 bits per heavy atom. The number of benzene rings is 1. The predicted octanol–water partition coefficient (Wildman–Crippen LogP) is 1.87. The molecule has 1 amide bonds. The third kappa shape index (κ3) is 4.87. The van der Waals surface area contributed by atoms with Crippen LogP contribution in [0, 0.1) is 5.92 Å². The van der Waals surface area contributed by atoms with Crippen LogP contribution in [0.15, 0.2) is 24.3 Å². The number of carboxylic acid groups (broad SMARTS) is 1. The van der Waals surface area contributed by atoms with Gasteiger partial charge in [-0.3, -0.25) is 4.79 Å². The second-order valence-electron chi connectivity index (χ2n) is 4.75. The minimum atomic E-state index is -1.54. The van der Waals surface area contributed by atoms with Crippen molar-refractivity contribution in [1.29, 1.82) is 0 Å². The number of halogens is 1. The lowest BCUT2D eigenvalue weighted by molar-refractivity contribution is -0.139. The van der Waals surface area contributed by atoms with E-state index in [0.717, 1.165) is 0 Å². The number of ether oxygens (including phenoxy) is 1. The van der Waals surface area contributed by atoms with Crippen molar-refractivity contribution in [3.8, 4) is 5.75 Å². The Balaban J connectivity index is 2.73. The highest BCUT2D eigenvalue weighted by Crippen LogP contribution is 2.14. The minimum Gasteiger partial charge on any atom is -0.493 e. The fourth-order valence-electron chi connectivity index (χ4n) is 1.40. The van der Waals surface area contributed by atoms with Gasteiger partial charge in [-0.1, -0.05) is 19.9 Å². The fraction of sp³-hybridized carbons (Fsp3) is 0.429. The second-order valence-corrected chi connectivity index (χ2v) is 4.75. The van der Waals surface area contributed by atoms with E-state index >= 15 is 0 Å². The van der Waals surface area contributed by atoms with Crippen LogP contribution in [-0.4, -0.2) is 36.3 Å². The zero-order valence-corrected chi connectivity index (χ0v) is 11.4. The SMILES string of the molecule is CC(C)COc1cccc(C(=O)NC(CF)C(=O)O)c1. The van der Waals surface area contributed by atoms with E-state index in [1.807, 2.05) is 13.8 Å². The first-order chi connectivity index (χ1) is 9.43. The van der Waals surface area contributed by atoms with Gasteiger partial charge in [-0.05, 0) is 24.1 Å². The molecule has 0 saturated carbocycles. The maximum absolute atomic E-state index is 12.5. The van der Waals surface area contributed by atoms with Gasteiger partial charge in [-0.15, -0.1) is 0 Å². The molecular formula is C14H18FNO4. The van der Waals surface area contributed by atoms with Crippen molar-refractivity contribution >= 4 is 11.9 Å².